The van der Waals surface area contributed by atoms with Crippen LogP contribution in [0.1, 0.15) is 32.1 Å². The summed E-state index contributed by atoms with van der Waals surface area (Å²) in [6.07, 6.45) is 0.308. The molecule has 0 aliphatic heterocycles. The molecular weight excluding hydrogens is 383 g/mol. The first-order valence-electron chi connectivity index (χ1n) is 9.51. The highest BCUT2D eigenvalue weighted by Gasteiger charge is 2.31. The van der Waals surface area contributed by atoms with Crippen LogP contribution in [-0.2, 0) is 4.79 Å². The van der Waals surface area contributed by atoms with Gasteiger partial charge >= 0.3 is 6.36 Å². The number of aromatic nitrogens is 2. The predicted molar refractivity (Wildman–Crippen MR) is 103 cm³/mol. The van der Waals surface area contributed by atoms with Crippen LogP contribution in [0.15, 0.2) is 42.5 Å². The molecule has 1 fully saturated rings. The van der Waals surface area contributed by atoms with Crippen LogP contribution in [0.25, 0.3) is 22.0 Å². The summed E-state index contributed by atoms with van der Waals surface area (Å²) in [4.78, 5) is 12.3. The van der Waals surface area contributed by atoms with E-state index in [9.17, 15) is 18.0 Å². The quantitative estimate of drug-likeness (QED) is 0.579. The van der Waals surface area contributed by atoms with E-state index in [0.29, 0.717) is 34.8 Å². The number of rotatable bonds is 5. The smallest absolute Gasteiger partial charge is 0.406 e. The zero-order valence-corrected chi connectivity index (χ0v) is 15.6. The average Bonchev–Trinajstić information content (AvgIpc) is 3.30. The monoisotopic (exact) mass is 403 g/mol. The van der Waals surface area contributed by atoms with Gasteiger partial charge in [-0.15, -0.1) is 13.2 Å². The fraction of sp³-hybridized carbons (Fsp3) is 0.333. The molecule has 5 nitrogen and oxygen atoms in total. The minimum absolute atomic E-state index is 0.0497. The lowest BCUT2D eigenvalue weighted by molar-refractivity contribution is -0.274. The average molecular weight is 403 g/mol. The maximum atomic E-state index is 12.4. The largest absolute Gasteiger partial charge is 0.573 e. The van der Waals surface area contributed by atoms with E-state index >= 15 is 0 Å². The first-order valence-corrected chi connectivity index (χ1v) is 9.51. The number of carbonyl (C=O) groups is 1. The Morgan fingerprint density at radius 2 is 1.90 bits per heavy atom. The van der Waals surface area contributed by atoms with Crippen molar-refractivity contribution in [3.63, 3.8) is 0 Å². The summed E-state index contributed by atoms with van der Waals surface area (Å²) in [7, 11) is 0. The Balaban J connectivity index is 1.52. The topological polar surface area (TPSA) is 67.0 Å². The number of hydrogen-bond acceptors (Lipinski definition) is 3. The summed E-state index contributed by atoms with van der Waals surface area (Å²) >= 11 is 0. The molecule has 1 saturated carbocycles. The number of halogens is 3. The summed E-state index contributed by atoms with van der Waals surface area (Å²) in [5.41, 5.74) is 1.97. The molecule has 4 rings (SSSR count). The van der Waals surface area contributed by atoms with Crippen molar-refractivity contribution in [3.8, 4) is 16.9 Å². The van der Waals surface area contributed by atoms with Crippen LogP contribution in [0.2, 0.25) is 0 Å². The normalized spacial score (nSPS) is 15.0. The van der Waals surface area contributed by atoms with E-state index < -0.39 is 6.36 Å². The van der Waals surface area contributed by atoms with Crippen molar-refractivity contribution in [2.24, 2.45) is 5.92 Å². The molecular formula is C21H20F3N3O2. The summed E-state index contributed by atoms with van der Waals surface area (Å²) in [5, 5.41) is 10.7. The van der Waals surface area contributed by atoms with Crippen LogP contribution < -0.4 is 10.1 Å². The number of hydrogen-bond donors (Lipinski definition) is 2. The molecule has 1 heterocycles. The second kappa shape index (κ2) is 7.77. The SMILES string of the molecule is O=C(CC1CCCC1)Nc1n[nH]c2cc(-c3cccc(OC(F)(F)F)c3)ccc12. The Morgan fingerprint density at radius 1 is 1.14 bits per heavy atom. The van der Waals surface area contributed by atoms with E-state index in [-0.39, 0.29) is 11.7 Å². The fourth-order valence-electron chi connectivity index (χ4n) is 3.83. The van der Waals surface area contributed by atoms with Gasteiger partial charge in [0.05, 0.1) is 5.52 Å². The van der Waals surface area contributed by atoms with Gasteiger partial charge in [0, 0.05) is 11.8 Å². The molecule has 0 spiro atoms. The molecule has 1 aromatic heterocycles. The lowest BCUT2D eigenvalue weighted by Crippen LogP contribution is -2.17. The Bertz CT molecular complexity index is 1020. The van der Waals surface area contributed by atoms with E-state index in [1.54, 1.807) is 24.3 Å². The molecule has 0 unspecified atom stereocenters. The third kappa shape index (κ3) is 4.70. The van der Waals surface area contributed by atoms with Crippen LogP contribution in [0.3, 0.4) is 0 Å². The minimum Gasteiger partial charge on any atom is -0.406 e. The Labute approximate surface area is 165 Å². The van der Waals surface area contributed by atoms with Crippen molar-refractivity contribution < 1.29 is 22.7 Å². The highest BCUT2D eigenvalue weighted by molar-refractivity contribution is 6.00. The number of alkyl halides is 3. The molecule has 152 valence electrons. The van der Waals surface area contributed by atoms with Gasteiger partial charge in [-0.2, -0.15) is 5.10 Å². The van der Waals surface area contributed by atoms with Gasteiger partial charge < -0.3 is 10.1 Å². The summed E-state index contributed by atoms with van der Waals surface area (Å²) < 4.78 is 41.3. The van der Waals surface area contributed by atoms with Gasteiger partial charge in [0.25, 0.3) is 0 Å². The fourth-order valence-corrected chi connectivity index (χ4v) is 3.83. The van der Waals surface area contributed by atoms with Gasteiger partial charge in [-0.3, -0.25) is 9.89 Å². The molecule has 1 aliphatic carbocycles. The van der Waals surface area contributed by atoms with E-state index in [1.165, 1.54) is 31.0 Å². The van der Waals surface area contributed by atoms with Crippen molar-refractivity contribution in [1.29, 1.82) is 0 Å². The molecule has 0 bridgehead atoms. The zero-order chi connectivity index (χ0) is 20.4. The Morgan fingerprint density at radius 3 is 2.66 bits per heavy atom. The number of H-pyrrole nitrogens is 1. The van der Waals surface area contributed by atoms with Crippen LogP contribution >= 0.6 is 0 Å². The van der Waals surface area contributed by atoms with Crippen LogP contribution in [-0.4, -0.2) is 22.5 Å². The van der Waals surface area contributed by atoms with Crippen molar-refractivity contribution in [2.75, 3.05) is 5.32 Å². The molecule has 1 amide bonds. The standard InChI is InChI=1S/C21H20F3N3O2/c22-21(23,24)29-16-7-3-6-14(11-16)15-8-9-17-18(12-15)26-27-20(17)25-19(28)10-13-4-1-2-5-13/h3,6-9,11-13H,1-2,4-5,10H2,(H2,25,26,27,28). The van der Waals surface area contributed by atoms with Crippen LogP contribution in [0.5, 0.6) is 5.75 Å². The van der Waals surface area contributed by atoms with Crippen molar-refractivity contribution in [3.05, 3.63) is 42.5 Å². The first-order chi connectivity index (χ1) is 13.9. The molecule has 0 radical (unpaired) electrons. The Kier molecular flexibility index (Phi) is 5.17. The van der Waals surface area contributed by atoms with Crippen LogP contribution in [0, 0.1) is 5.92 Å². The second-order valence-electron chi connectivity index (χ2n) is 7.31. The second-order valence-corrected chi connectivity index (χ2v) is 7.31. The molecule has 2 N–H and O–H groups in total. The summed E-state index contributed by atoms with van der Waals surface area (Å²) in [5.74, 6) is 0.577. The number of nitrogens with zero attached hydrogens (tertiary/aromatic N) is 1. The molecule has 1 aliphatic rings. The van der Waals surface area contributed by atoms with Crippen molar-refractivity contribution in [1.82, 2.24) is 10.2 Å². The van der Waals surface area contributed by atoms with Crippen molar-refractivity contribution >= 4 is 22.6 Å². The molecule has 2 aromatic carbocycles. The number of carbonyl (C=O) groups excluding carboxylic acids is 1. The Hall–Kier alpha value is -3.03. The maximum Gasteiger partial charge on any atom is 0.573 e. The number of nitrogens with one attached hydrogen (secondary N) is 2. The third-order valence-corrected chi connectivity index (χ3v) is 5.17. The van der Waals surface area contributed by atoms with Gasteiger partial charge in [0.15, 0.2) is 5.82 Å². The van der Waals surface area contributed by atoms with E-state index in [1.807, 2.05) is 0 Å². The molecule has 0 saturated heterocycles. The van der Waals surface area contributed by atoms with Gasteiger partial charge in [-0.05, 0) is 54.2 Å². The lowest BCUT2D eigenvalue weighted by Gasteiger charge is -2.10. The predicted octanol–water partition coefficient (Wildman–Crippen LogP) is 5.65. The van der Waals surface area contributed by atoms with E-state index in [2.05, 4.69) is 20.3 Å². The number of anilines is 1. The van der Waals surface area contributed by atoms with Crippen LogP contribution in [0.4, 0.5) is 19.0 Å². The number of fused-ring (bicyclic) bond motifs is 1. The molecule has 8 heteroatoms. The molecule has 3 aromatic rings. The van der Waals surface area contributed by atoms with E-state index in [0.717, 1.165) is 18.2 Å². The number of benzene rings is 2. The molecule has 29 heavy (non-hydrogen) atoms. The maximum absolute atomic E-state index is 12.4. The first kappa shape index (κ1) is 19.3. The van der Waals surface area contributed by atoms with Gasteiger partial charge in [-0.25, -0.2) is 0 Å². The van der Waals surface area contributed by atoms with Gasteiger partial charge in [0.2, 0.25) is 5.91 Å². The third-order valence-electron chi connectivity index (χ3n) is 5.17. The van der Waals surface area contributed by atoms with Gasteiger partial charge in [-0.1, -0.05) is 31.0 Å². The van der Waals surface area contributed by atoms with Gasteiger partial charge in [0.1, 0.15) is 5.75 Å². The summed E-state index contributed by atoms with van der Waals surface area (Å²) in [6.45, 7) is 0. The highest BCUT2D eigenvalue weighted by Crippen LogP contribution is 2.31. The highest BCUT2D eigenvalue weighted by atomic mass is 19.4. The zero-order valence-electron chi connectivity index (χ0n) is 15.6. The molecule has 0 atom stereocenters. The number of ether oxygens (including phenoxy) is 1. The number of amides is 1. The summed E-state index contributed by atoms with van der Waals surface area (Å²) in [6, 6.07) is 11.1. The van der Waals surface area contributed by atoms with Crippen molar-refractivity contribution in [2.45, 2.75) is 38.5 Å². The van der Waals surface area contributed by atoms with E-state index in [4.69, 9.17) is 0 Å². The number of aromatic amines is 1. The minimum atomic E-state index is -4.74. The lowest BCUT2D eigenvalue weighted by atomic mass is 10.0.